The number of halogens is 1. The summed E-state index contributed by atoms with van der Waals surface area (Å²) >= 11 is 0. The van der Waals surface area contributed by atoms with Crippen molar-refractivity contribution in [3.63, 3.8) is 0 Å². The molecule has 0 radical (unpaired) electrons. The minimum absolute atomic E-state index is 0.0211. The maximum Gasteiger partial charge on any atom is 0.253 e. The average Bonchev–Trinajstić information content (AvgIpc) is 3.20. The Balaban J connectivity index is 1.50. The quantitative estimate of drug-likeness (QED) is 0.745. The second kappa shape index (κ2) is 9.51. The van der Waals surface area contributed by atoms with Crippen LogP contribution in [0.1, 0.15) is 41.6 Å². The lowest BCUT2D eigenvalue weighted by molar-refractivity contribution is 0.0763. The number of carbonyl (C=O) groups is 1. The fraction of sp³-hybridized carbons (Fsp3) is 0.409. The lowest BCUT2D eigenvalue weighted by Crippen LogP contribution is -2.28. The summed E-state index contributed by atoms with van der Waals surface area (Å²) in [5.41, 5.74) is 2.52. The largest absolute Gasteiger partial charge is 0.381 e. The van der Waals surface area contributed by atoms with Crippen LogP contribution in [0, 0.1) is 5.82 Å². The van der Waals surface area contributed by atoms with Crippen molar-refractivity contribution >= 4 is 11.6 Å². The zero-order valence-corrected chi connectivity index (χ0v) is 15.8. The van der Waals surface area contributed by atoms with Crippen LogP contribution in [0.5, 0.6) is 0 Å². The van der Waals surface area contributed by atoms with E-state index in [-0.39, 0.29) is 11.7 Å². The summed E-state index contributed by atoms with van der Waals surface area (Å²) in [6, 6.07) is 13.9. The van der Waals surface area contributed by atoms with E-state index in [2.05, 4.69) is 5.32 Å². The first kappa shape index (κ1) is 19.4. The molecule has 1 aliphatic heterocycles. The first-order valence-corrected chi connectivity index (χ1v) is 9.57. The van der Waals surface area contributed by atoms with Crippen LogP contribution in [0.2, 0.25) is 0 Å². The molecule has 5 heteroatoms. The van der Waals surface area contributed by atoms with Crippen molar-refractivity contribution < 1.29 is 13.9 Å². The van der Waals surface area contributed by atoms with Crippen molar-refractivity contribution in [2.45, 2.75) is 38.3 Å². The van der Waals surface area contributed by atoms with Gasteiger partial charge in [-0.1, -0.05) is 18.2 Å². The summed E-state index contributed by atoms with van der Waals surface area (Å²) < 4.78 is 18.6. The monoisotopic (exact) mass is 370 g/mol. The standard InChI is InChI=1S/C22H27FN2O2/c1-25(13-3-7-21-8-4-14-27-21)22(26)18-5-2-6-20(15-18)24-16-17-9-11-19(23)12-10-17/h2,5-6,9-12,15,21,24H,3-4,7-8,13-14,16H2,1H3. The molecule has 0 aromatic heterocycles. The molecule has 1 amide bonds. The van der Waals surface area contributed by atoms with E-state index in [4.69, 9.17) is 4.74 Å². The molecule has 1 aliphatic rings. The highest BCUT2D eigenvalue weighted by Gasteiger charge is 2.16. The van der Waals surface area contributed by atoms with Crippen molar-refractivity contribution in [2.24, 2.45) is 0 Å². The number of carbonyl (C=O) groups excluding carboxylic acids is 1. The summed E-state index contributed by atoms with van der Waals surface area (Å²) in [5.74, 6) is -0.221. The normalized spacial score (nSPS) is 16.3. The van der Waals surface area contributed by atoms with Crippen LogP contribution >= 0.6 is 0 Å². The Morgan fingerprint density at radius 2 is 2.07 bits per heavy atom. The van der Waals surface area contributed by atoms with E-state index >= 15 is 0 Å². The number of hydrogen-bond donors (Lipinski definition) is 1. The van der Waals surface area contributed by atoms with E-state index in [9.17, 15) is 9.18 Å². The maximum absolute atomic E-state index is 13.0. The highest BCUT2D eigenvalue weighted by molar-refractivity contribution is 5.94. The number of ether oxygens (including phenoxy) is 1. The molecule has 1 heterocycles. The van der Waals surface area contributed by atoms with E-state index in [1.54, 1.807) is 17.0 Å². The smallest absolute Gasteiger partial charge is 0.253 e. The second-order valence-electron chi connectivity index (χ2n) is 7.06. The highest BCUT2D eigenvalue weighted by Crippen LogP contribution is 2.18. The van der Waals surface area contributed by atoms with Gasteiger partial charge in [-0.05, 0) is 61.6 Å². The number of anilines is 1. The molecule has 0 aliphatic carbocycles. The lowest BCUT2D eigenvalue weighted by atomic mass is 10.1. The topological polar surface area (TPSA) is 41.6 Å². The third-order valence-corrected chi connectivity index (χ3v) is 4.91. The third kappa shape index (κ3) is 5.79. The third-order valence-electron chi connectivity index (χ3n) is 4.91. The molecular formula is C22H27FN2O2. The minimum atomic E-state index is -0.242. The van der Waals surface area contributed by atoms with Gasteiger partial charge in [0.1, 0.15) is 5.82 Å². The van der Waals surface area contributed by atoms with Crippen molar-refractivity contribution in [3.05, 3.63) is 65.5 Å². The Bertz CT molecular complexity index is 742. The lowest BCUT2D eigenvalue weighted by Gasteiger charge is -2.19. The fourth-order valence-corrected chi connectivity index (χ4v) is 3.32. The van der Waals surface area contributed by atoms with Gasteiger partial charge in [0.2, 0.25) is 0 Å². The van der Waals surface area contributed by atoms with Crippen LogP contribution < -0.4 is 5.32 Å². The first-order chi connectivity index (χ1) is 13.1. The number of benzene rings is 2. The Morgan fingerprint density at radius 3 is 2.81 bits per heavy atom. The number of rotatable bonds is 8. The first-order valence-electron chi connectivity index (χ1n) is 9.57. The number of nitrogens with zero attached hydrogens (tertiary/aromatic N) is 1. The van der Waals surface area contributed by atoms with Gasteiger partial charge in [0, 0.05) is 38.0 Å². The van der Waals surface area contributed by atoms with E-state index in [0.717, 1.165) is 50.1 Å². The average molecular weight is 370 g/mol. The summed E-state index contributed by atoms with van der Waals surface area (Å²) in [4.78, 5) is 14.4. The second-order valence-corrected chi connectivity index (χ2v) is 7.06. The molecule has 1 N–H and O–H groups in total. The van der Waals surface area contributed by atoms with Gasteiger partial charge in [-0.3, -0.25) is 4.79 Å². The van der Waals surface area contributed by atoms with Crippen LogP contribution in [-0.2, 0) is 11.3 Å². The van der Waals surface area contributed by atoms with E-state index in [0.29, 0.717) is 18.2 Å². The Morgan fingerprint density at radius 1 is 1.26 bits per heavy atom. The molecule has 1 saturated heterocycles. The van der Waals surface area contributed by atoms with Gasteiger partial charge in [-0.2, -0.15) is 0 Å². The van der Waals surface area contributed by atoms with E-state index in [1.165, 1.54) is 12.1 Å². The fourth-order valence-electron chi connectivity index (χ4n) is 3.32. The van der Waals surface area contributed by atoms with Crippen LogP contribution in [0.4, 0.5) is 10.1 Å². The molecule has 4 nitrogen and oxygen atoms in total. The van der Waals surface area contributed by atoms with Crippen LogP contribution in [0.25, 0.3) is 0 Å². The molecule has 2 aromatic carbocycles. The van der Waals surface area contributed by atoms with E-state index < -0.39 is 0 Å². The Kier molecular flexibility index (Phi) is 6.82. The highest BCUT2D eigenvalue weighted by atomic mass is 19.1. The van der Waals surface area contributed by atoms with Crippen LogP contribution in [-0.4, -0.2) is 37.1 Å². The van der Waals surface area contributed by atoms with Crippen molar-refractivity contribution in [3.8, 4) is 0 Å². The molecule has 0 spiro atoms. The van der Waals surface area contributed by atoms with Gasteiger partial charge < -0.3 is 15.0 Å². The molecule has 1 atom stereocenters. The summed E-state index contributed by atoms with van der Waals surface area (Å²) in [7, 11) is 1.84. The minimum Gasteiger partial charge on any atom is -0.381 e. The van der Waals surface area contributed by atoms with Crippen molar-refractivity contribution in [1.82, 2.24) is 4.90 Å². The number of amides is 1. The summed E-state index contributed by atoms with van der Waals surface area (Å²) in [6.45, 7) is 2.18. The van der Waals surface area contributed by atoms with Crippen LogP contribution in [0.15, 0.2) is 48.5 Å². The van der Waals surface area contributed by atoms with Crippen molar-refractivity contribution in [2.75, 3.05) is 25.5 Å². The molecule has 2 aromatic rings. The van der Waals surface area contributed by atoms with Gasteiger partial charge in [0.05, 0.1) is 6.10 Å². The van der Waals surface area contributed by atoms with Gasteiger partial charge in [0.25, 0.3) is 5.91 Å². The molecule has 0 saturated carbocycles. The Labute approximate surface area is 160 Å². The van der Waals surface area contributed by atoms with E-state index in [1.807, 2.05) is 31.3 Å². The van der Waals surface area contributed by atoms with Gasteiger partial charge in [-0.25, -0.2) is 4.39 Å². The number of nitrogens with one attached hydrogen (secondary N) is 1. The summed E-state index contributed by atoms with van der Waals surface area (Å²) in [6.07, 6.45) is 4.62. The predicted molar refractivity (Wildman–Crippen MR) is 105 cm³/mol. The van der Waals surface area contributed by atoms with Gasteiger partial charge in [0.15, 0.2) is 0 Å². The molecule has 1 unspecified atom stereocenters. The zero-order chi connectivity index (χ0) is 19.1. The molecule has 27 heavy (non-hydrogen) atoms. The van der Waals surface area contributed by atoms with Gasteiger partial charge in [-0.15, -0.1) is 0 Å². The molecule has 144 valence electrons. The SMILES string of the molecule is CN(CCCC1CCCO1)C(=O)c1cccc(NCc2ccc(F)cc2)c1. The Hall–Kier alpha value is -2.40. The van der Waals surface area contributed by atoms with Crippen LogP contribution in [0.3, 0.4) is 0 Å². The molecule has 1 fully saturated rings. The zero-order valence-electron chi connectivity index (χ0n) is 15.8. The van der Waals surface area contributed by atoms with Crippen molar-refractivity contribution in [1.29, 1.82) is 0 Å². The maximum atomic E-state index is 13.0. The predicted octanol–water partition coefficient (Wildman–Crippen LogP) is 4.47. The van der Waals surface area contributed by atoms with Gasteiger partial charge >= 0.3 is 0 Å². The number of hydrogen-bond acceptors (Lipinski definition) is 3. The summed E-state index contributed by atoms with van der Waals surface area (Å²) in [5, 5.41) is 3.29. The molecular weight excluding hydrogens is 343 g/mol. The molecule has 3 rings (SSSR count). The molecule has 0 bridgehead atoms.